The zero-order chi connectivity index (χ0) is 9.19. The number of thiazole rings is 1. The van der Waals surface area contributed by atoms with Crippen molar-refractivity contribution in [2.24, 2.45) is 11.3 Å². The molecule has 4 heteroatoms. The minimum Gasteiger partial charge on any atom is -0.271 e. The van der Waals surface area contributed by atoms with E-state index in [2.05, 4.69) is 31.2 Å². The van der Waals surface area contributed by atoms with Crippen LogP contribution in [0.25, 0.3) is 0 Å². The first kappa shape index (κ1) is 9.64. The van der Waals surface area contributed by atoms with Crippen LogP contribution >= 0.6 is 11.3 Å². The zero-order valence-corrected chi connectivity index (χ0v) is 8.48. The maximum Gasteiger partial charge on any atom is 0.0794 e. The van der Waals surface area contributed by atoms with Crippen molar-refractivity contribution >= 4 is 11.3 Å². The van der Waals surface area contributed by atoms with Gasteiger partial charge in [-0.25, -0.2) is 0 Å². The molecule has 0 spiro atoms. The van der Waals surface area contributed by atoms with E-state index in [9.17, 15) is 0 Å². The fraction of sp³-hybridized carbons (Fsp3) is 0.625. The first-order valence-corrected chi connectivity index (χ1v) is 4.78. The molecule has 1 unspecified atom stereocenters. The molecule has 0 fully saturated rings. The molecule has 3 N–H and O–H groups in total. The van der Waals surface area contributed by atoms with Gasteiger partial charge in [-0.1, -0.05) is 20.8 Å². The molecule has 1 atom stereocenters. The summed E-state index contributed by atoms with van der Waals surface area (Å²) in [6.07, 6.45) is 1.86. The highest BCUT2D eigenvalue weighted by Gasteiger charge is 2.25. The Kier molecular flexibility index (Phi) is 2.82. The van der Waals surface area contributed by atoms with Gasteiger partial charge in [0.05, 0.1) is 11.6 Å². The molecule has 0 aromatic carbocycles. The van der Waals surface area contributed by atoms with Crippen LogP contribution in [-0.4, -0.2) is 4.98 Å². The number of hydrogen-bond acceptors (Lipinski definition) is 4. The fourth-order valence-corrected chi connectivity index (χ4v) is 2.05. The van der Waals surface area contributed by atoms with Gasteiger partial charge in [0.2, 0.25) is 0 Å². The van der Waals surface area contributed by atoms with Crippen LogP contribution in [0.15, 0.2) is 11.7 Å². The first-order chi connectivity index (χ1) is 5.55. The van der Waals surface area contributed by atoms with Crippen molar-refractivity contribution in [2.75, 3.05) is 0 Å². The first-order valence-electron chi connectivity index (χ1n) is 3.90. The van der Waals surface area contributed by atoms with Gasteiger partial charge in [0.25, 0.3) is 0 Å². The second kappa shape index (κ2) is 3.51. The largest absolute Gasteiger partial charge is 0.271 e. The number of hydrazine groups is 1. The molecular formula is C8H15N3S. The lowest BCUT2D eigenvalue weighted by Crippen LogP contribution is -2.36. The molecule has 0 saturated heterocycles. The van der Waals surface area contributed by atoms with E-state index in [1.165, 1.54) is 4.88 Å². The maximum absolute atomic E-state index is 5.48. The lowest BCUT2D eigenvalue weighted by Gasteiger charge is -2.28. The molecule has 1 heterocycles. The van der Waals surface area contributed by atoms with Crippen LogP contribution in [-0.2, 0) is 0 Å². The Hall–Kier alpha value is -0.450. The summed E-state index contributed by atoms with van der Waals surface area (Å²) in [5, 5.41) is 0. The Balaban J connectivity index is 2.84. The van der Waals surface area contributed by atoms with E-state index < -0.39 is 0 Å². The molecule has 68 valence electrons. The predicted molar refractivity (Wildman–Crippen MR) is 51.6 cm³/mol. The van der Waals surface area contributed by atoms with Crippen molar-refractivity contribution < 1.29 is 0 Å². The van der Waals surface area contributed by atoms with Crippen LogP contribution in [0.5, 0.6) is 0 Å². The fourth-order valence-electron chi connectivity index (χ4n) is 1.13. The molecule has 1 aromatic heterocycles. The highest BCUT2D eigenvalue weighted by Crippen LogP contribution is 2.33. The third-order valence-electron chi connectivity index (χ3n) is 1.77. The van der Waals surface area contributed by atoms with Crippen LogP contribution in [0.2, 0.25) is 0 Å². The Morgan fingerprint density at radius 3 is 2.58 bits per heavy atom. The van der Waals surface area contributed by atoms with Gasteiger partial charge < -0.3 is 0 Å². The minimum atomic E-state index is 0.126. The molecule has 0 amide bonds. The monoisotopic (exact) mass is 185 g/mol. The number of nitrogens with one attached hydrogen (secondary N) is 1. The van der Waals surface area contributed by atoms with E-state index in [1.54, 1.807) is 11.3 Å². The maximum atomic E-state index is 5.48. The van der Waals surface area contributed by atoms with Crippen molar-refractivity contribution in [3.63, 3.8) is 0 Å². The molecule has 0 aliphatic rings. The molecule has 12 heavy (non-hydrogen) atoms. The Bertz CT molecular complexity index is 225. The van der Waals surface area contributed by atoms with Gasteiger partial charge >= 0.3 is 0 Å². The topological polar surface area (TPSA) is 50.9 Å². The standard InChI is InChI=1S/C8H15N3S/c1-8(2,3)7(11-9)6-4-10-5-12-6/h4-5,7,11H,9H2,1-3H3. The number of nitrogens with two attached hydrogens (primary N) is 1. The number of aromatic nitrogens is 1. The van der Waals surface area contributed by atoms with Gasteiger partial charge in [-0.05, 0) is 5.41 Å². The van der Waals surface area contributed by atoms with Crippen molar-refractivity contribution in [1.82, 2.24) is 10.4 Å². The Labute approximate surface area is 77.0 Å². The van der Waals surface area contributed by atoms with Crippen LogP contribution in [0.1, 0.15) is 31.7 Å². The quantitative estimate of drug-likeness (QED) is 0.544. The number of hydrogen-bond donors (Lipinski definition) is 2. The normalized spacial score (nSPS) is 14.7. The van der Waals surface area contributed by atoms with Crippen LogP contribution < -0.4 is 11.3 Å². The van der Waals surface area contributed by atoms with Crippen LogP contribution in [0, 0.1) is 5.41 Å². The molecule has 0 aliphatic carbocycles. The summed E-state index contributed by atoms with van der Waals surface area (Å²) in [5.74, 6) is 5.48. The van der Waals surface area contributed by atoms with Gasteiger partial charge in [-0.3, -0.25) is 16.3 Å². The zero-order valence-electron chi connectivity index (χ0n) is 7.66. The van der Waals surface area contributed by atoms with E-state index in [-0.39, 0.29) is 11.5 Å². The highest BCUT2D eigenvalue weighted by atomic mass is 32.1. The molecular weight excluding hydrogens is 170 g/mol. The van der Waals surface area contributed by atoms with Crippen LogP contribution in [0.3, 0.4) is 0 Å². The van der Waals surface area contributed by atoms with Gasteiger partial charge in [-0.15, -0.1) is 11.3 Å². The van der Waals surface area contributed by atoms with E-state index >= 15 is 0 Å². The van der Waals surface area contributed by atoms with E-state index in [0.717, 1.165) is 0 Å². The third kappa shape index (κ3) is 2.03. The lowest BCUT2D eigenvalue weighted by molar-refractivity contribution is 0.279. The van der Waals surface area contributed by atoms with Crippen molar-refractivity contribution in [3.05, 3.63) is 16.6 Å². The van der Waals surface area contributed by atoms with Gasteiger partial charge in [0.15, 0.2) is 0 Å². The second-order valence-electron chi connectivity index (χ2n) is 3.87. The predicted octanol–water partition coefficient (Wildman–Crippen LogP) is 1.69. The minimum absolute atomic E-state index is 0.126. The van der Waals surface area contributed by atoms with Gasteiger partial charge in [-0.2, -0.15) is 0 Å². The summed E-state index contributed by atoms with van der Waals surface area (Å²) in [5.41, 5.74) is 4.77. The smallest absolute Gasteiger partial charge is 0.0794 e. The third-order valence-corrected chi connectivity index (χ3v) is 2.61. The summed E-state index contributed by atoms with van der Waals surface area (Å²) in [6.45, 7) is 6.45. The highest BCUT2D eigenvalue weighted by molar-refractivity contribution is 7.09. The average molecular weight is 185 g/mol. The van der Waals surface area contributed by atoms with Crippen LogP contribution in [0.4, 0.5) is 0 Å². The molecule has 0 bridgehead atoms. The SMILES string of the molecule is CC(C)(C)C(NN)c1cncs1. The number of nitrogens with zero attached hydrogens (tertiary/aromatic N) is 1. The van der Waals surface area contributed by atoms with Crippen molar-refractivity contribution in [3.8, 4) is 0 Å². The molecule has 1 aromatic rings. The lowest BCUT2D eigenvalue weighted by atomic mass is 9.86. The summed E-state index contributed by atoms with van der Waals surface area (Å²) in [4.78, 5) is 5.21. The Morgan fingerprint density at radius 2 is 2.25 bits per heavy atom. The van der Waals surface area contributed by atoms with E-state index in [4.69, 9.17) is 5.84 Å². The molecule has 1 rings (SSSR count). The van der Waals surface area contributed by atoms with Gasteiger partial charge in [0, 0.05) is 11.1 Å². The number of rotatable bonds is 2. The van der Waals surface area contributed by atoms with E-state index in [0.29, 0.717) is 0 Å². The molecule has 3 nitrogen and oxygen atoms in total. The van der Waals surface area contributed by atoms with E-state index in [1.807, 2.05) is 11.7 Å². The summed E-state index contributed by atoms with van der Waals surface area (Å²) in [6, 6.07) is 0.185. The molecule has 0 radical (unpaired) electrons. The Morgan fingerprint density at radius 1 is 1.58 bits per heavy atom. The van der Waals surface area contributed by atoms with Crippen molar-refractivity contribution in [1.29, 1.82) is 0 Å². The second-order valence-corrected chi connectivity index (χ2v) is 4.79. The summed E-state index contributed by atoms with van der Waals surface area (Å²) < 4.78 is 0. The average Bonchev–Trinajstić information content (AvgIpc) is 2.38. The molecule has 0 saturated carbocycles. The van der Waals surface area contributed by atoms with Gasteiger partial charge in [0.1, 0.15) is 0 Å². The summed E-state index contributed by atoms with van der Waals surface area (Å²) in [7, 11) is 0. The molecule has 0 aliphatic heterocycles. The summed E-state index contributed by atoms with van der Waals surface area (Å²) >= 11 is 1.63. The van der Waals surface area contributed by atoms with Crippen molar-refractivity contribution in [2.45, 2.75) is 26.8 Å².